The highest BCUT2D eigenvalue weighted by molar-refractivity contribution is 6.30. The van der Waals surface area contributed by atoms with E-state index in [0.717, 1.165) is 5.56 Å². The number of rotatable bonds is 4. The molecule has 3 rings (SSSR count). The maximum Gasteiger partial charge on any atom is 0.257 e. The maximum absolute atomic E-state index is 12.1. The minimum absolute atomic E-state index is 0.109. The summed E-state index contributed by atoms with van der Waals surface area (Å²) in [7, 11) is 0. The van der Waals surface area contributed by atoms with Crippen molar-refractivity contribution < 1.29 is 14.1 Å². The first-order valence-corrected chi connectivity index (χ1v) is 7.60. The molecule has 2 atom stereocenters. The Balaban J connectivity index is 1.66. The van der Waals surface area contributed by atoms with E-state index in [1.54, 1.807) is 31.2 Å². The Hall–Kier alpha value is -2.41. The summed E-state index contributed by atoms with van der Waals surface area (Å²) in [5, 5.41) is 9.90. The van der Waals surface area contributed by atoms with Crippen LogP contribution in [0.1, 0.15) is 31.6 Å². The molecular weight excluding hydrogens is 320 g/mol. The fourth-order valence-electron chi connectivity index (χ4n) is 2.31. The minimum Gasteiger partial charge on any atom is -0.344 e. The van der Waals surface area contributed by atoms with Gasteiger partial charge in [-0.15, -0.1) is 0 Å². The van der Waals surface area contributed by atoms with Gasteiger partial charge in [-0.3, -0.25) is 9.59 Å². The Morgan fingerprint density at radius 1 is 1.43 bits per heavy atom. The lowest BCUT2D eigenvalue weighted by Crippen LogP contribution is -2.42. The van der Waals surface area contributed by atoms with Crippen molar-refractivity contribution in [2.45, 2.75) is 31.8 Å². The Labute approximate surface area is 137 Å². The third kappa shape index (κ3) is 3.50. The van der Waals surface area contributed by atoms with Crippen molar-refractivity contribution in [1.82, 2.24) is 20.8 Å². The highest BCUT2D eigenvalue weighted by Crippen LogP contribution is 2.21. The van der Waals surface area contributed by atoms with Crippen molar-refractivity contribution in [2.24, 2.45) is 0 Å². The SMILES string of the molecule is CC(NC(=O)[C@H]1CCC(=O)N1)c1noc(-c2ccc(Cl)cc2)n1. The Morgan fingerprint density at radius 2 is 2.17 bits per heavy atom. The van der Waals surface area contributed by atoms with Gasteiger partial charge < -0.3 is 15.2 Å². The number of amides is 2. The smallest absolute Gasteiger partial charge is 0.257 e. The van der Waals surface area contributed by atoms with Gasteiger partial charge in [-0.05, 0) is 37.6 Å². The highest BCUT2D eigenvalue weighted by Gasteiger charge is 2.28. The predicted octanol–water partition coefficient (Wildman–Crippen LogP) is 1.85. The number of hydrogen-bond donors (Lipinski definition) is 2. The van der Waals surface area contributed by atoms with E-state index in [9.17, 15) is 9.59 Å². The third-order valence-electron chi connectivity index (χ3n) is 3.59. The molecule has 120 valence electrons. The summed E-state index contributed by atoms with van der Waals surface area (Å²) in [5.41, 5.74) is 0.745. The lowest BCUT2D eigenvalue weighted by atomic mass is 10.2. The van der Waals surface area contributed by atoms with Gasteiger partial charge in [-0.1, -0.05) is 16.8 Å². The molecule has 2 aromatic rings. The van der Waals surface area contributed by atoms with Crippen molar-refractivity contribution >= 4 is 23.4 Å². The van der Waals surface area contributed by atoms with Crippen molar-refractivity contribution in [3.05, 3.63) is 35.1 Å². The summed E-state index contributed by atoms with van der Waals surface area (Å²) in [5.74, 6) is 0.364. The number of aromatic nitrogens is 2. The minimum atomic E-state index is -0.493. The molecule has 1 saturated heterocycles. The van der Waals surface area contributed by atoms with Crippen LogP contribution in [0.4, 0.5) is 0 Å². The second kappa shape index (κ2) is 6.37. The molecule has 2 N–H and O–H groups in total. The normalized spacial score (nSPS) is 18.5. The zero-order valence-corrected chi connectivity index (χ0v) is 13.1. The van der Waals surface area contributed by atoms with E-state index in [0.29, 0.717) is 29.6 Å². The van der Waals surface area contributed by atoms with Crippen molar-refractivity contribution in [2.75, 3.05) is 0 Å². The largest absolute Gasteiger partial charge is 0.344 e. The summed E-state index contributed by atoms with van der Waals surface area (Å²) in [4.78, 5) is 27.5. The standard InChI is InChI=1S/C15H15ClN4O3/c1-8(17-14(22)11-6-7-12(21)18-11)13-19-15(23-20-13)9-2-4-10(16)5-3-9/h2-5,8,11H,6-7H2,1H3,(H,17,22)(H,18,21)/t8?,11-/m1/s1. The molecule has 1 unspecified atom stereocenters. The number of carbonyl (C=O) groups is 2. The Bertz CT molecular complexity index is 729. The van der Waals surface area contributed by atoms with Gasteiger partial charge in [0.15, 0.2) is 5.82 Å². The second-order valence-electron chi connectivity index (χ2n) is 5.35. The predicted molar refractivity (Wildman–Crippen MR) is 82.5 cm³/mol. The van der Waals surface area contributed by atoms with Crippen LogP contribution in [0.15, 0.2) is 28.8 Å². The number of nitrogens with one attached hydrogen (secondary N) is 2. The summed E-state index contributed by atoms with van der Waals surface area (Å²) in [6.07, 6.45) is 0.870. The van der Waals surface area contributed by atoms with E-state index in [-0.39, 0.29) is 11.8 Å². The van der Waals surface area contributed by atoms with Crippen molar-refractivity contribution in [3.8, 4) is 11.5 Å². The van der Waals surface area contributed by atoms with E-state index in [1.165, 1.54) is 0 Å². The van der Waals surface area contributed by atoms with Gasteiger partial charge in [0.05, 0.1) is 6.04 Å². The van der Waals surface area contributed by atoms with Gasteiger partial charge in [0.1, 0.15) is 6.04 Å². The first-order valence-electron chi connectivity index (χ1n) is 7.22. The molecule has 1 aliphatic heterocycles. The van der Waals surface area contributed by atoms with E-state index < -0.39 is 12.1 Å². The summed E-state index contributed by atoms with van der Waals surface area (Å²) in [6, 6.07) is 6.09. The molecule has 2 amide bonds. The molecule has 0 spiro atoms. The number of halogens is 1. The summed E-state index contributed by atoms with van der Waals surface area (Å²) < 4.78 is 5.21. The molecule has 0 bridgehead atoms. The number of benzene rings is 1. The van der Waals surface area contributed by atoms with Crippen LogP contribution in [-0.2, 0) is 9.59 Å². The van der Waals surface area contributed by atoms with Crippen LogP contribution in [0.25, 0.3) is 11.5 Å². The molecule has 8 heteroatoms. The fraction of sp³-hybridized carbons (Fsp3) is 0.333. The molecule has 2 heterocycles. The highest BCUT2D eigenvalue weighted by atomic mass is 35.5. The zero-order valence-electron chi connectivity index (χ0n) is 12.4. The molecule has 1 aromatic heterocycles. The van der Waals surface area contributed by atoms with Gasteiger partial charge in [-0.25, -0.2) is 0 Å². The van der Waals surface area contributed by atoms with Crippen molar-refractivity contribution in [1.29, 1.82) is 0 Å². The molecule has 7 nitrogen and oxygen atoms in total. The first-order chi connectivity index (χ1) is 11.0. The quantitative estimate of drug-likeness (QED) is 0.889. The monoisotopic (exact) mass is 334 g/mol. The Morgan fingerprint density at radius 3 is 2.83 bits per heavy atom. The fourth-order valence-corrected chi connectivity index (χ4v) is 2.44. The molecule has 23 heavy (non-hydrogen) atoms. The molecular formula is C15H15ClN4O3. The lowest BCUT2D eigenvalue weighted by Gasteiger charge is -2.14. The lowest BCUT2D eigenvalue weighted by molar-refractivity contribution is -0.126. The average Bonchev–Trinajstić information content (AvgIpc) is 3.17. The van der Waals surface area contributed by atoms with Gasteiger partial charge in [0.2, 0.25) is 11.8 Å². The van der Waals surface area contributed by atoms with Crippen LogP contribution >= 0.6 is 11.6 Å². The molecule has 0 saturated carbocycles. The first kappa shape index (κ1) is 15.5. The van der Waals surface area contributed by atoms with E-state index >= 15 is 0 Å². The Kier molecular flexibility index (Phi) is 4.29. The van der Waals surface area contributed by atoms with Crippen molar-refractivity contribution in [3.63, 3.8) is 0 Å². The number of nitrogens with zero attached hydrogens (tertiary/aromatic N) is 2. The maximum atomic E-state index is 12.1. The third-order valence-corrected chi connectivity index (χ3v) is 3.84. The van der Waals surface area contributed by atoms with Crippen LogP contribution in [-0.4, -0.2) is 28.0 Å². The van der Waals surface area contributed by atoms with Gasteiger partial charge in [-0.2, -0.15) is 4.98 Å². The molecule has 1 fully saturated rings. The van der Waals surface area contributed by atoms with Crippen LogP contribution in [0.3, 0.4) is 0 Å². The summed E-state index contributed by atoms with van der Waals surface area (Å²) in [6.45, 7) is 1.76. The van der Waals surface area contributed by atoms with Crippen LogP contribution in [0.5, 0.6) is 0 Å². The van der Waals surface area contributed by atoms with E-state index in [4.69, 9.17) is 16.1 Å². The van der Waals surface area contributed by atoms with Crippen LogP contribution < -0.4 is 10.6 Å². The van der Waals surface area contributed by atoms with E-state index in [1.807, 2.05) is 0 Å². The van der Waals surface area contributed by atoms with Crippen LogP contribution in [0, 0.1) is 0 Å². The van der Waals surface area contributed by atoms with Gasteiger partial charge in [0.25, 0.3) is 5.89 Å². The zero-order chi connectivity index (χ0) is 16.4. The molecule has 0 aliphatic carbocycles. The van der Waals surface area contributed by atoms with Gasteiger partial charge >= 0.3 is 0 Å². The summed E-state index contributed by atoms with van der Waals surface area (Å²) >= 11 is 5.84. The van der Waals surface area contributed by atoms with Gasteiger partial charge in [0, 0.05) is 17.0 Å². The average molecular weight is 335 g/mol. The van der Waals surface area contributed by atoms with E-state index in [2.05, 4.69) is 20.8 Å². The molecule has 1 aromatic carbocycles. The number of carbonyl (C=O) groups excluding carboxylic acids is 2. The van der Waals surface area contributed by atoms with Crippen LogP contribution in [0.2, 0.25) is 5.02 Å². The molecule has 0 radical (unpaired) electrons. The molecule has 1 aliphatic rings. The second-order valence-corrected chi connectivity index (χ2v) is 5.79. The number of hydrogen-bond acceptors (Lipinski definition) is 5. The topological polar surface area (TPSA) is 97.1 Å².